The largest absolute Gasteiger partial charge is 0.508 e. The van der Waals surface area contributed by atoms with Gasteiger partial charge in [-0.25, -0.2) is 14.4 Å². The lowest BCUT2D eigenvalue weighted by molar-refractivity contribution is -0.144. The molecule has 0 spiro atoms. The van der Waals surface area contributed by atoms with E-state index in [9.17, 15) is 22.7 Å². The molecule has 118 valence electrons. The third kappa shape index (κ3) is 3.01. The molecule has 0 saturated carbocycles. The van der Waals surface area contributed by atoms with Crippen molar-refractivity contribution in [3.8, 4) is 5.75 Å². The monoisotopic (exact) mass is 323 g/mol. The van der Waals surface area contributed by atoms with Crippen molar-refractivity contribution >= 4 is 22.4 Å². The normalized spacial score (nSPS) is 11.7. The molecular formula is C15H9F4N3O. The summed E-state index contributed by atoms with van der Waals surface area (Å²) in [6.07, 6.45) is -4.80. The molecule has 0 amide bonds. The minimum absolute atomic E-state index is 0.00474. The smallest absolute Gasteiger partial charge is 0.451 e. The summed E-state index contributed by atoms with van der Waals surface area (Å²) in [6, 6.07) is 9.43. The fourth-order valence-corrected chi connectivity index (χ4v) is 2.02. The molecule has 0 bridgehead atoms. The fraction of sp³-hybridized carbons (Fsp3) is 0.0667. The number of hydrogen-bond acceptors (Lipinski definition) is 4. The van der Waals surface area contributed by atoms with Gasteiger partial charge in [0, 0.05) is 11.1 Å². The van der Waals surface area contributed by atoms with Gasteiger partial charge in [0.05, 0.1) is 0 Å². The molecule has 0 atom stereocenters. The Morgan fingerprint density at radius 2 is 1.65 bits per heavy atom. The van der Waals surface area contributed by atoms with Crippen LogP contribution in [-0.4, -0.2) is 15.1 Å². The number of phenolic OH excluding ortho intramolecular Hbond substituents is 1. The molecule has 1 aromatic heterocycles. The summed E-state index contributed by atoms with van der Waals surface area (Å²) < 4.78 is 52.5. The standard InChI is InChI=1S/C15H9F4N3O/c16-11-3-1-2-10-12(11)21-14(15(17,18)19)22-13(10)20-8-4-6-9(23)7-5-8/h1-7,23H,(H,20,21,22). The Bertz CT molecular complexity index is 863. The summed E-state index contributed by atoms with van der Waals surface area (Å²) in [5, 5.41) is 12.0. The highest BCUT2D eigenvalue weighted by molar-refractivity contribution is 5.91. The molecule has 2 N–H and O–H groups in total. The molecule has 3 aromatic rings. The molecule has 0 unspecified atom stereocenters. The van der Waals surface area contributed by atoms with E-state index < -0.39 is 23.3 Å². The van der Waals surface area contributed by atoms with Crippen LogP contribution >= 0.6 is 0 Å². The third-order valence-corrected chi connectivity index (χ3v) is 3.06. The van der Waals surface area contributed by atoms with Gasteiger partial charge in [0.2, 0.25) is 5.82 Å². The van der Waals surface area contributed by atoms with E-state index in [1.54, 1.807) is 0 Å². The van der Waals surface area contributed by atoms with Crippen LogP contribution in [-0.2, 0) is 6.18 Å². The number of benzene rings is 2. The molecular weight excluding hydrogens is 314 g/mol. The highest BCUT2D eigenvalue weighted by Gasteiger charge is 2.36. The second kappa shape index (κ2) is 5.38. The summed E-state index contributed by atoms with van der Waals surface area (Å²) in [5.41, 5.74) is -0.0312. The van der Waals surface area contributed by atoms with Crippen LogP contribution in [0.4, 0.5) is 29.1 Å². The molecule has 1 heterocycles. The number of rotatable bonds is 2. The first kappa shape index (κ1) is 15.0. The van der Waals surface area contributed by atoms with Gasteiger partial charge in [0.1, 0.15) is 22.9 Å². The first-order chi connectivity index (χ1) is 10.8. The van der Waals surface area contributed by atoms with Crippen LogP contribution in [0.2, 0.25) is 0 Å². The van der Waals surface area contributed by atoms with Crippen LogP contribution in [0.15, 0.2) is 42.5 Å². The summed E-state index contributed by atoms with van der Waals surface area (Å²) in [6.45, 7) is 0. The lowest BCUT2D eigenvalue weighted by atomic mass is 10.2. The third-order valence-electron chi connectivity index (χ3n) is 3.06. The van der Waals surface area contributed by atoms with Crippen molar-refractivity contribution in [1.82, 2.24) is 9.97 Å². The van der Waals surface area contributed by atoms with Gasteiger partial charge in [-0.15, -0.1) is 0 Å². The topological polar surface area (TPSA) is 58.0 Å². The Kier molecular flexibility index (Phi) is 3.51. The molecule has 0 saturated heterocycles. The fourth-order valence-electron chi connectivity index (χ4n) is 2.02. The SMILES string of the molecule is Oc1ccc(Nc2nc(C(F)(F)F)nc3c(F)cccc23)cc1. The lowest BCUT2D eigenvalue weighted by Gasteiger charge is -2.12. The van der Waals surface area contributed by atoms with Gasteiger partial charge in [-0.05, 0) is 36.4 Å². The van der Waals surface area contributed by atoms with E-state index in [0.29, 0.717) is 5.69 Å². The Morgan fingerprint density at radius 3 is 2.30 bits per heavy atom. The van der Waals surface area contributed by atoms with Crippen LogP contribution in [0.3, 0.4) is 0 Å². The number of hydrogen-bond donors (Lipinski definition) is 2. The Morgan fingerprint density at radius 1 is 0.957 bits per heavy atom. The van der Waals surface area contributed by atoms with E-state index >= 15 is 0 Å². The number of aromatic nitrogens is 2. The summed E-state index contributed by atoms with van der Waals surface area (Å²) in [4.78, 5) is 6.73. The van der Waals surface area contributed by atoms with Crippen molar-refractivity contribution in [2.24, 2.45) is 0 Å². The number of para-hydroxylation sites is 1. The van der Waals surface area contributed by atoms with E-state index in [1.807, 2.05) is 0 Å². The van der Waals surface area contributed by atoms with Gasteiger partial charge in [0.15, 0.2) is 0 Å². The number of nitrogens with zero attached hydrogens (tertiary/aromatic N) is 2. The van der Waals surface area contributed by atoms with Crippen molar-refractivity contribution in [2.45, 2.75) is 6.18 Å². The number of halogens is 4. The molecule has 0 aliphatic heterocycles. The molecule has 0 fully saturated rings. The quantitative estimate of drug-likeness (QED) is 0.547. The molecule has 8 heteroatoms. The summed E-state index contributed by atoms with van der Waals surface area (Å²) in [5.74, 6) is -2.47. The maximum Gasteiger partial charge on any atom is 0.451 e. The molecule has 4 nitrogen and oxygen atoms in total. The minimum atomic E-state index is -4.80. The van der Waals surface area contributed by atoms with Gasteiger partial charge >= 0.3 is 6.18 Å². The van der Waals surface area contributed by atoms with Gasteiger partial charge < -0.3 is 10.4 Å². The highest BCUT2D eigenvalue weighted by atomic mass is 19.4. The molecule has 0 aliphatic carbocycles. The highest BCUT2D eigenvalue weighted by Crippen LogP contribution is 2.32. The number of anilines is 2. The van der Waals surface area contributed by atoms with Crippen LogP contribution in [0.1, 0.15) is 5.82 Å². The average molecular weight is 323 g/mol. The van der Waals surface area contributed by atoms with Crippen LogP contribution in [0.5, 0.6) is 5.75 Å². The summed E-state index contributed by atoms with van der Waals surface area (Å²) in [7, 11) is 0. The first-order valence-corrected chi connectivity index (χ1v) is 6.44. The number of aromatic hydroxyl groups is 1. The van der Waals surface area contributed by atoms with E-state index in [0.717, 1.165) is 6.07 Å². The zero-order chi connectivity index (χ0) is 16.6. The van der Waals surface area contributed by atoms with E-state index in [2.05, 4.69) is 15.3 Å². The van der Waals surface area contributed by atoms with Crippen molar-refractivity contribution in [1.29, 1.82) is 0 Å². The van der Waals surface area contributed by atoms with Crippen molar-refractivity contribution < 1.29 is 22.7 Å². The number of phenols is 1. The average Bonchev–Trinajstić information content (AvgIpc) is 2.49. The van der Waals surface area contributed by atoms with Gasteiger partial charge in [-0.2, -0.15) is 13.2 Å². The van der Waals surface area contributed by atoms with Crippen molar-refractivity contribution in [3.05, 3.63) is 54.1 Å². The van der Waals surface area contributed by atoms with E-state index in [4.69, 9.17) is 0 Å². The molecule has 0 aliphatic rings. The Labute approximate surface area is 127 Å². The zero-order valence-corrected chi connectivity index (χ0v) is 11.4. The van der Waals surface area contributed by atoms with Crippen molar-refractivity contribution in [3.63, 3.8) is 0 Å². The predicted octanol–water partition coefficient (Wildman–Crippen LogP) is 4.24. The maximum atomic E-state index is 13.8. The van der Waals surface area contributed by atoms with Gasteiger partial charge in [-0.3, -0.25) is 0 Å². The number of alkyl halides is 3. The second-order valence-corrected chi connectivity index (χ2v) is 4.70. The maximum absolute atomic E-state index is 13.8. The van der Waals surface area contributed by atoms with Crippen LogP contribution in [0, 0.1) is 5.82 Å². The first-order valence-electron chi connectivity index (χ1n) is 6.44. The number of nitrogens with one attached hydrogen (secondary N) is 1. The zero-order valence-electron chi connectivity index (χ0n) is 11.4. The molecule has 23 heavy (non-hydrogen) atoms. The Hall–Kier alpha value is -2.90. The predicted molar refractivity (Wildman–Crippen MR) is 75.9 cm³/mol. The molecule has 0 radical (unpaired) electrons. The van der Waals surface area contributed by atoms with E-state index in [-0.39, 0.29) is 17.0 Å². The van der Waals surface area contributed by atoms with Gasteiger partial charge in [-0.1, -0.05) is 6.07 Å². The van der Waals surface area contributed by atoms with Crippen LogP contribution < -0.4 is 5.32 Å². The molecule has 3 rings (SSSR count). The lowest BCUT2D eigenvalue weighted by Crippen LogP contribution is -2.13. The Balaban J connectivity index is 2.17. The number of fused-ring (bicyclic) bond motifs is 1. The van der Waals surface area contributed by atoms with Crippen molar-refractivity contribution in [2.75, 3.05) is 5.32 Å². The van der Waals surface area contributed by atoms with E-state index in [1.165, 1.54) is 36.4 Å². The summed E-state index contributed by atoms with van der Waals surface area (Å²) >= 11 is 0. The minimum Gasteiger partial charge on any atom is -0.508 e. The van der Waals surface area contributed by atoms with Gasteiger partial charge in [0.25, 0.3) is 0 Å². The second-order valence-electron chi connectivity index (χ2n) is 4.70. The molecule has 2 aromatic carbocycles. The van der Waals surface area contributed by atoms with Crippen LogP contribution in [0.25, 0.3) is 10.9 Å².